The Morgan fingerprint density at radius 3 is 2.57 bits per heavy atom. The molecule has 1 aliphatic heterocycles. The van der Waals surface area contributed by atoms with Gasteiger partial charge in [0.05, 0.1) is 5.92 Å². The second-order valence-electron chi connectivity index (χ2n) is 6.59. The molecule has 1 heterocycles. The first kappa shape index (κ1) is 14.5. The summed E-state index contributed by atoms with van der Waals surface area (Å²) in [6.45, 7) is 1.58. The molecular weight excluding hydrogens is 284 g/mol. The molecule has 4 rings (SSSR count). The summed E-state index contributed by atoms with van der Waals surface area (Å²) in [5, 5.41) is 6.66. The molecule has 1 aliphatic carbocycles. The van der Waals surface area contributed by atoms with Gasteiger partial charge < -0.3 is 10.6 Å². The zero-order valence-corrected chi connectivity index (χ0v) is 13.2. The van der Waals surface area contributed by atoms with Gasteiger partial charge in [0.2, 0.25) is 5.91 Å². The average molecular weight is 306 g/mol. The van der Waals surface area contributed by atoms with Gasteiger partial charge >= 0.3 is 0 Å². The van der Waals surface area contributed by atoms with Crippen molar-refractivity contribution in [3.63, 3.8) is 0 Å². The molecular formula is C20H22N2O. The van der Waals surface area contributed by atoms with Crippen molar-refractivity contribution in [2.24, 2.45) is 0 Å². The molecule has 2 aromatic rings. The lowest BCUT2D eigenvalue weighted by Gasteiger charge is -2.39. The van der Waals surface area contributed by atoms with Gasteiger partial charge in [0.25, 0.3) is 0 Å². The van der Waals surface area contributed by atoms with Crippen LogP contribution in [0.3, 0.4) is 0 Å². The Morgan fingerprint density at radius 2 is 1.78 bits per heavy atom. The normalized spacial score (nSPS) is 26.0. The van der Waals surface area contributed by atoms with Gasteiger partial charge in [0.1, 0.15) is 0 Å². The molecule has 1 amide bonds. The molecule has 3 nitrogen and oxygen atoms in total. The van der Waals surface area contributed by atoms with Crippen LogP contribution < -0.4 is 10.6 Å². The van der Waals surface area contributed by atoms with E-state index in [1.54, 1.807) is 0 Å². The summed E-state index contributed by atoms with van der Waals surface area (Å²) in [5.74, 6) is 0.555. The zero-order valence-electron chi connectivity index (χ0n) is 13.2. The van der Waals surface area contributed by atoms with Gasteiger partial charge in [-0.2, -0.15) is 0 Å². The molecule has 0 saturated heterocycles. The van der Waals surface area contributed by atoms with E-state index in [0.29, 0.717) is 5.92 Å². The van der Waals surface area contributed by atoms with Crippen LogP contribution in [0, 0.1) is 0 Å². The molecule has 2 N–H and O–H groups in total. The Balaban J connectivity index is 1.47. The summed E-state index contributed by atoms with van der Waals surface area (Å²) in [4.78, 5) is 12.8. The smallest absolute Gasteiger partial charge is 0.229 e. The average Bonchev–Trinajstić information content (AvgIpc) is 2.59. The lowest BCUT2D eigenvalue weighted by atomic mass is 9.74. The first-order chi connectivity index (χ1) is 11.3. The Bertz CT molecular complexity index is 698. The van der Waals surface area contributed by atoms with Crippen molar-refractivity contribution < 1.29 is 4.79 Å². The third kappa shape index (κ3) is 2.77. The molecule has 118 valence electrons. The van der Waals surface area contributed by atoms with Crippen LogP contribution in [0.4, 0.5) is 0 Å². The highest BCUT2D eigenvalue weighted by molar-refractivity contribution is 5.85. The standard InChI is InChI=1S/C20H22N2O/c23-20(18-13-21-12-15-8-4-5-9-16(15)18)22-19-11-10-17(19)14-6-2-1-3-7-14/h1-9,17-19,21H,10-13H2,(H,22,23)/t17-,18?,19-/m1/s1. The summed E-state index contributed by atoms with van der Waals surface area (Å²) >= 11 is 0. The topological polar surface area (TPSA) is 41.1 Å². The highest BCUT2D eigenvalue weighted by Crippen LogP contribution is 2.37. The number of amides is 1. The third-order valence-electron chi connectivity index (χ3n) is 5.24. The molecule has 23 heavy (non-hydrogen) atoms. The SMILES string of the molecule is O=C(N[C@@H]1CC[C@@H]1c1ccccc1)C1CNCc2ccccc21. The number of carbonyl (C=O) groups is 1. The molecule has 2 aromatic carbocycles. The van der Waals surface area contributed by atoms with Crippen molar-refractivity contribution >= 4 is 5.91 Å². The number of nitrogens with one attached hydrogen (secondary N) is 2. The number of hydrogen-bond acceptors (Lipinski definition) is 2. The summed E-state index contributed by atoms with van der Waals surface area (Å²) in [6.07, 6.45) is 2.24. The molecule has 1 fully saturated rings. The number of fused-ring (bicyclic) bond motifs is 1. The van der Waals surface area contributed by atoms with E-state index in [9.17, 15) is 4.79 Å². The Labute approximate surface area is 137 Å². The molecule has 0 radical (unpaired) electrons. The van der Waals surface area contributed by atoms with Crippen molar-refractivity contribution in [3.8, 4) is 0 Å². The van der Waals surface area contributed by atoms with E-state index in [4.69, 9.17) is 0 Å². The molecule has 0 aromatic heterocycles. The van der Waals surface area contributed by atoms with Crippen molar-refractivity contribution in [1.29, 1.82) is 0 Å². The van der Waals surface area contributed by atoms with Crippen LogP contribution in [0.25, 0.3) is 0 Å². The van der Waals surface area contributed by atoms with Crippen LogP contribution in [0.2, 0.25) is 0 Å². The minimum atomic E-state index is -0.0722. The van der Waals surface area contributed by atoms with Crippen molar-refractivity contribution in [2.75, 3.05) is 6.54 Å². The van der Waals surface area contributed by atoms with Crippen molar-refractivity contribution in [1.82, 2.24) is 10.6 Å². The van der Waals surface area contributed by atoms with Crippen LogP contribution in [0.5, 0.6) is 0 Å². The maximum Gasteiger partial charge on any atom is 0.229 e. The van der Waals surface area contributed by atoms with Crippen LogP contribution in [-0.2, 0) is 11.3 Å². The number of carbonyl (C=O) groups excluding carboxylic acids is 1. The van der Waals surface area contributed by atoms with Crippen LogP contribution in [-0.4, -0.2) is 18.5 Å². The van der Waals surface area contributed by atoms with Gasteiger partial charge in [0.15, 0.2) is 0 Å². The number of hydrogen-bond donors (Lipinski definition) is 2. The maximum absolute atomic E-state index is 12.8. The molecule has 2 aliphatic rings. The third-order valence-corrected chi connectivity index (χ3v) is 5.24. The Morgan fingerprint density at radius 1 is 1.00 bits per heavy atom. The van der Waals surface area contributed by atoms with E-state index >= 15 is 0 Å². The van der Waals surface area contributed by atoms with Crippen LogP contribution in [0.1, 0.15) is 41.4 Å². The second-order valence-corrected chi connectivity index (χ2v) is 6.59. The fourth-order valence-electron chi connectivity index (χ4n) is 3.79. The Kier molecular flexibility index (Phi) is 3.88. The monoisotopic (exact) mass is 306 g/mol. The van der Waals surface area contributed by atoms with E-state index < -0.39 is 0 Å². The summed E-state index contributed by atoms with van der Waals surface area (Å²) in [7, 11) is 0. The molecule has 1 saturated carbocycles. The summed E-state index contributed by atoms with van der Waals surface area (Å²) in [6, 6.07) is 19.1. The van der Waals surface area contributed by atoms with Gasteiger partial charge in [-0.3, -0.25) is 4.79 Å². The van der Waals surface area contributed by atoms with E-state index in [0.717, 1.165) is 25.9 Å². The Hall–Kier alpha value is -2.13. The van der Waals surface area contributed by atoms with E-state index in [1.807, 2.05) is 18.2 Å². The minimum absolute atomic E-state index is 0.0722. The lowest BCUT2D eigenvalue weighted by molar-refractivity contribution is -0.124. The zero-order chi connectivity index (χ0) is 15.6. The van der Waals surface area contributed by atoms with Gasteiger partial charge in [0, 0.05) is 25.0 Å². The van der Waals surface area contributed by atoms with E-state index in [2.05, 4.69) is 47.0 Å². The molecule has 0 spiro atoms. The molecule has 3 atom stereocenters. The van der Waals surface area contributed by atoms with E-state index in [1.165, 1.54) is 16.7 Å². The highest BCUT2D eigenvalue weighted by Gasteiger charge is 2.35. The minimum Gasteiger partial charge on any atom is -0.352 e. The van der Waals surface area contributed by atoms with Crippen molar-refractivity contribution in [3.05, 3.63) is 71.3 Å². The first-order valence-electron chi connectivity index (χ1n) is 8.47. The van der Waals surface area contributed by atoms with Gasteiger partial charge in [-0.15, -0.1) is 0 Å². The number of benzene rings is 2. The first-order valence-corrected chi connectivity index (χ1v) is 8.47. The maximum atomic E-state index is 12.8. The lowest BCUT2D eigenvalue weighted by Crippen LogP contribution is -2.49. The molecule has 1 unspecified atom stereocenters. The number of rotatable bonds is 3. The quantitative estimate of drug-likeness (QED) is 0.915. The largest absolute Gasteiger partial charge is 0.352 e. The fourth-order valence-corrected chi connectivity index (χ4v) is 3.79. The van der Waals surface area contributed by atoms with Crippen LogP contribution >= 0.6 is 0 Å². The predicted molar refractivity (Wildman–Crippen MR) is 91.2 cm³/mol. The van der Waals surface area contributed by atoms with Gasteiger partial charge in [-0.25, -0.2) is 0 Å². The summed E-state index contributed by atoms with van der Waals surface area (Å²) < 4.78 is 0. The highest BCUT2D eigenvalue weighted by atomic mass is 16.2. The molecule has 3 heteroatoms. The van der Waals surface area contributed by atoms with Gasteiger partial charge in [-0.1, -0.05) is 54.6 Å². The van der Waals surface area contributed by atoms with Crippen LogP contribution in [0.15, 0.2) is 54.6 Å². The molecule has 0 bridgehead atoms. The second kappa shape index (κ2) is 6.17. The fraction of sp³-hybridized carbons (Fsp3) is 0.350. The van der Waals surface area contributed by atoms with Crippen molar-refractivity contribution in [2.45, 2.75) is 37.3 Å². The predicted octanol–water partition coefficient (Wildman–Crippen LogP) is 2.94. The summed E-state index contributed by atoms with van der Waals surface area (Å²) in [5.41, 5.74) is 3.76. The van der Waals surface area contributed by atoms with E-state index in [-0.39, 0.29) is 17.9 Å². The van der Waals surface area contributed by atoms with Gasteiger partial charge in [-0.05, 0) is 29.5 Å².